The van der Waals surface area contributed by atoms with Gasteiger partial charge in [0.2, 0.25) is 5.91 Å². The summed E-state index contributed by atoms with van der Waals surface area (Å²) in [6.45, 7) is 4.79. The molecule has 0 atom stereocenters. The molecule has 0 saturated heterocycles. The van der Waals surface area contributed by atoms with Crippen molar-refractivity contribution in [1.82, 2.24) is 15.1 Å². The predicted molar refractivity (Wildman–Crippen MR) is 112 cm³/mol. The standard InChI is InChI=1S/C23H27N3O3/c1-16-20(17(2)26(3)25-16)13-23(27)24-14-19-10-11-21(22(12-19)28-4)29-15-18-8-6-5-7-9-18/h5-12H,13-15H2,1-4H3,(H,24,27). The van der Waals surface area contributed by atoms with Gasteiger partial charge in [0.15, 0.2) is 11.5 Å². The Morgan fingerprint density at radius 3 is 2.48 bits per heavy atom. The highest BCUT2D eigenvalue weighted by Gasteiger charge is 2.14. The van der Waals surface area contributed by atoms with Gasteiger partial charge in [-0.15, -0.1) is 0 Å². The molecule has 1 heterocycles. The van der Waals surface area contributed by atoms with Gasteiger partial charge >= 0.3 is 0 Å². The lowest BCUT2D eigenvalue weighted by Crippen LogP contribution is -2.25. The van der Waals surface area contributed by atoms with Gasteiger partial charge in [-0.2, -0.15) is 5.10 Å². The van der Waals surface area contributed by atoms with E-state index in [0.717, 1.165) is 28.1 Å². The minimum absolute atomic E-state index is 0.0347. The van der Waals surface area contributed by atoms with Crippen molar-refractivity contribution in [3.8, 4) is 11.5 Å². The van der Waals surface area contributed by atoms with Crippen molar-refractivity contribution in [2.45, 2.75) is 33.4 Å². The second-order valence-electron chi connectivity index (χ2n) is 6.99. The van der Waals surface area contributed by atoms with Crippen LogP contribution in [0, 0.1) is 13.8 Å². The van der Waals surface area contributed by atoms with Crippen molar-refractivity contribution < 1.29 is 14.3 Å². The van der Waals surface area contributed by atoms with Gasteiger partial charge in [0.25, 0.3) is 0 Å². The van der Waals surface area contributed by atoms with Crippen LogP contribution in [0.1, 0.15) is 28.1 Å². The maximum Gasteiger partial charge on any atom is 0.224 e. The third-order valence-electron chi connectivity index (χ3n) is 4.95. The maximum absolute atomic E-state index is 12.4. The van der Waals surface area contributed by atoms with E-state index in [2.05, 4.69) is 10.4 Å². The summed E-state index contributed by atoms with van der Waals surface area (Å²) in [7, 11) is 3.50. The number of aromatic nitrogens is 2. The number of carbonyl (C=O) groups excluding carboxylic acids is 1. The van der Waals surface area contributed by atoms with Gasteiger partial charge in [-0.1, -0.05) is 36.4 Å². The monoisotopic (exact) mass is 393 g/mol. The molecular formula is C23H27N3O3. The SMILES string of the molecule is COc1cc(CNC(=O)Cc2c(C)nn(C)c2C)ccc1OCc1ccccc1. The van der Waals surface area contributed by atoms with Gasteiger partial charge in [0.05, 0.1) is 19.2 Å². The third kappa shape index (κ3) is 5.16. The Labute approximate surface area is 171 Å². The molecule has 0 unspecified atom stereocenters. The van der Waals surface area contributed by atoms with Gasteiger partial charge in [0.1, 0.15) is 6.61 Å². The second-order valence-corrected chi connectivity index (χ2v) is 6.99. The average molecular weight is 393 g/mol. The van der Waals surface area contributed by atoms with E-state index >= 15 is 0 Å². The zero-order chi connectivity index (χ0) is 20.8. The topological polar surface area (TPSA) is 65.4 Å². The highest BCUT2D eigenvalue weighted by molar-refractivity contribution is 5.79. The molecule has 1 aromatic heterocycles. The number of methoxy groups -OCH3 is 1. The predicted octanol–water partition coefficient (Wildman–Crippen LogP) is 3.48. The fourth-order valence-electron chi connectivity index (χ4n) is 3.17. The Balaban J connectivity index is 1.59. The first-order chi connectivity index (χ1) is 14.0. The number of amides is 1. The van der Waals surface area contributed by atoms with Crippen molar-refractivity contribution in [1.29, 1.82) is 0 Å². The lowest BCUT2D eigenvalue weighted by molar-refractivity contribution is -0.120. The molecule has 0 fully saturated rings. The van der Waals surface area contributed by atoms with E-state index in [-0.39, 0.29) is 5.91 Å². The Bertz CT molecular complexity index is 981. The number of nitrogens with zero attached hydrogens (tertiary/aromatic N) is 2. The van der Waals surface area contributed by atoms with E-state index in [1.54, 1.807) is 11.8 Å². The van der Waals surface area contributed by atoms with Crippen molar-refractivity contribution in [2.24, 2.45) is 7.05 Å². The summed E-state index contributed by atoms with van der Waals surface area (Å²) in [5, 5.41) is 7.33. The van der Waals surface area contributed by atoms with Crippen LogP contribution in [0.2, 0.25) is 0 Å². The van der Waals surface area contributed by atoms with E-state index in [4.69, 9.17) is 9.47 Å². The minimum atomic E-state index is -0.0347. The molecule has 0 radical (unpaired) electrons. The first kappa shape index (κ1) is 20.5. The van der Waals surface area contributed by atoms with E-state index in [9.17, 15) is 4.79 Å². The van der Waals surface area contributed by atoms with Crippen LogP contribution >= 0.6 is 0 Å². The second kappa shape index (κ2) is 9.28. The number of carbonyl (C=O) groups is 1. The van der Waals surface area contributed by atoms with Crippen molar-refractivity contribution in [2.75, 3.05) is 7.11 Å². The highest BCUT2D eigenvalue weighted by Crippen LogP contribution is 2.29. The Morgan fingerprint density at radius 1 is 1.07 bits per heavy atom. The molecule has 0 spiro atoms. The van der Waals surface area contributed by atoms with Crippen LogP contribution in [0.15, 0.2) is 48.5 Å². The van der Waals surface area contributed by atoms with Crippen LogP contribution in [-0.4, -0.2) is 22.8 Å². The number of aryl methyl sites for hydroxylation is 2. The molecule has 0 bridgehead atoms. The summed E-state index contributed by atoms with van der Waals surface area (Å²) >= 11 is 0. The molecule has 1 amide bonds. The molecule has 0 aliphatic rings. The van der Waals surface area contributed by atoms with Crippen molar-refractivity contribution in [3.63, 3.8) is 0 Å². The van der Waals surface area contributed by atoms with Crippen LogP contribution in [0.25, 0.3) is 0 Å². The number of nitrogens with one attached hydrogen (secondary N) is 1. The highest BCUT2D eigenvalue weighted by atomic mass is 16.5. The Hall–Kier alpha value is -3.28. The summed E-state index contributed by atoms with van der Waals surface area (Å²) in [6.07, 6.45) is 0.320. The molecule has 1 N–H and O–H groups in total. The van der Waals surface area contributed by atoms with Crippen LogP contribution in [0.5, 0.6) is 11.5 Å². The molecule has 3 rings (SSSR count). The smallest absolute Gasteiger partial charge is 0.224 e. The molecule has 0 aliphatic carbocycles. The Morgan fingerprint density at radius 2 is 1.83 bits per heavy atom. The largest absolute Gasteiger partial charge is 0.493 e. The molecule has 6 nitrogen and oxygen atoms in total. The summed E-state index contributed by atoms with van der Waals surface area (Å²) in [5.41, 5.74) is 4.92. The van der Waals surface area contributed by atoms with Gasteiger partial charge in [0, 0.05) is 24.8 Å². The fraction of sp³-hybridized carbons (Fsp3) is 0.304. The van der Waals surface area contributed by atoms with Crippen LogP contribution in [-0.2, 0) is 31.4 Å². The average Bonchev–Trinajstić information content (AvgIpc) is 2.97. The molecule has 3 aromatic rings. The molecule has 29 heavy (non-hydrogen) atoms. The normalized spacial score (nSPS) is 10.6. The fourth-order valence-corrected chi connectivity index (χ4v) is 3.17. The van der Waals surface area contributed by atoms with Gasteiger partial charge in [-0.3, -0.25) is 9.48 Å². The molecule has 6 heteroatoms. The third-order valence-corrected chi connectivity index (χ3v) is 4.95. The van der Waals surface area contributed by atoms with E-state index in [1.807, 2.05) is 69.4 Å². The summed E-state index contributed by atoms with van der Waals surface area (Å²) in [4.78, 5) is 12.4. The molecule has 0 saturated carbocycles. The Kier molecular flexibility index (Phi) is 6.54. The summed E-state index contributed by atoms with van der Waals surface area (Å²) < 4.78 is 13.1. The lowest BCUT2D eigenvalue weighted by Gasteiger charge is -2.13. The molecule has 2 aromatic carbocycles. The summed E-state index contributed by atoms with van der Waals surface area (Å²) in [6, 6.07) is 15.7. The van der Waals surface area contributed by atoms with Crippen molar-refractivity contribution in [3.05, 3.63) is 76.6 Å². The molecule has 0 aliphatic heterocycles. The van der Waals surface area contributed by atoms with E-state index in [1.165, 1.54) is 0 Å². The van der Waals surface area contributed by atoms with Gasteiger partial charge in [-0.05, 0) is 37.1 Å². The first-order valence-corrected chi connectivity index (χ1v) is 9.57. The molecular weight excluding hydrogens is 366 g/mol. The molecule has 152 valence electrons. The van der Waals surface area contributed by atoms with Crippen LogP contribution in [0.4, 0.5) is 0 Å². The van der Waals surface area contributed by atoms with Gasteiger partial charge in [-0.25, -0.2) is 0 Å². The van der Waals surface area contributed by atoms with Gasteiger partial charge < -0.3 is 14.8 Å². The van der Waals surface area contributed by atoms with Crippen molar-refractivity contribution >= 4 is 5.91 Å². The van der Waals surface area contributed by atoms with Crippen LogP contribution in [0.3, 0.4) is 0 Å². The minimum Gasteiger partial charge on any atom is -0.493 e. The van der Waals surface area contributed by atoms with E-state index in [0.29, 0.717) is 31.1 Å². The van der Waals surface area contributed by atoms with E-state index < -0.39 is 0 Å². The first-order valence-electron chi connectivity index (χ1n) is 9.57. The zero-order valence-corrected chi connectivity index (χ0v) is 17.4. The number of hydrogen-bond acceptors (Lipinski definition) is 4. The number of hydrogen-bond donors (Lipinski definition) is 1. The quantitative estimate of drug-likeness (QED) is 0.636. The maximum atomic E-state index is 12.4. The number of rotatable bonds is 8. The summed E-state index contributed by atoms with van der Waals surface area (Å²) in [5.74, 6) is 1.28. The lowest BCUT2D eigenvalue weighted by atomic mass is 10.1. The zero-order valence-electron chi connectivity index (χ0n) is 17.4. The van der Waals surface area contributed by atoms with Crippen LogP contribution < -0.4 is 14.8 Å². The number of benzene rings is 2. The number of ether oxygens (including phenoxy) is 2.